The molecule has 0 saturated heterocycles. The highest BCUT2D eigenvalue weighted by Gasteiger charge is 2.48. The summed E-state index contributed by atoms with van der Waals surface area (Å²) in [7, 11) is -0.687. The van der Waals surface area contributed by atoms with Crippen molar-refractivity contribution in [2.75, 3.05) is 38.9 Å². The molecule has 0 aromatic rings. The molecule has 0 unspecified atom stereocenters. The summed E-state index contributed by atoms with van der Waals surface area (Å²) in [6, 6.07) is 0. The van der Waals surface area contributed by atoms with Gasteiger partial charge in [-0.3, -0.25) is 9.59 Å². The number of carbonyl (C=O) groups is 2. The standard InChI is InChI=1S/C13H23NO6S/c1-19-7-3-6-14-11(15)9-21(17,18)10-13(4-5-13)8-12(16)20-2/h3-10H2,1-2H3,(H,14,15). The molecule has 0 aromatic carbocycles. The SMILES string of the molecule is COCCCNC(=O)CS(=O)(=O)CC1(CC(=O)OC)CC1. The van der Waals surface area contributed by atoms with Gasteiger partial charge in [-0.25, -0.2) is 8.42 Å². The van der Waals surface area contributed by atoms with E-state index in [0.717, 1.165) is 0 Å². The Balaban J connectivity index is 2.40. The molecule has 7 nitrogen and oxygen atoms in total. The van der Waals surface area contributed by atoms with Gasteiger partial charge in [0.2, 0.25) is 5.91 Å². The molecule has 0 atom stereocenters. The van der Waals surface area contributed by atoms with E-state index in [2.05, 4.69) is 10.1 Å². The van der Waals surface area contributed by atoms with Crippen LogP contribution in [-0.4, -0.2) is 59.2 Å². The van der Waals surface area contributed by atoms with Gasteiger partial charge in [-0.15, -0.1) is 0 Å². The van der Waals surface area contributed by atoms with Gasteiger partial charge in [-0.2, -0.15) is 0 Å². The second kappa shape index (κ2) is 7.74. The minimum absolute atomic E-state index is 0.0954. The van der Waals surface area contributed by atoms with Crippen LogP contribution in [0.1, 0.15) is 25.7 Å². The molecule has 0 aliphatic heterocycles. The predicted molar refractivity (Wildman–Crippen MR) is 76.5 cm³/mol. The van der Waals surface area contributed by atoms with E-state index in [0.29, 0.717) is 32.4 Å². The lowest BCUT2D eigenvalue weighted by Crippen LogP contribution is -2.34. The number of hydrogen-bond acceptors (Lipinski definition) is 6. The van der Waals surface area contributed by atoms with E-state index in [4.69, 9.17) is 4.74 Å². The highest BCUT2D eigenvalue weighted by molar-refractivity contribution is 7.92. The van der Waals surface area contributed by atoms with Crippen molar-refractivity contribution in [3.8, 4) is 0 Å². The number of carbonyl (C=O) groups excluding carboxylic acids is 2. The first-order chi connectivity index (χ1) is 9.82. The van der Waals surface area contributed by atoms with Crippen LogP contribution in [0.4, 0.5) is 0 Å². The van der Waals surface area contributed by atoms with E-state index in [1.54, 1.807) is 7.11 Å². The third-order valence-electron chi connectivity index (χ3n) is 3.43. The fraction of sp³-hybridized carbons (Fsp3) is 0.846. The Bertz CT molecular complexity index is 469. The van der Waals surface area contributed by atoms with Gasteiger partial charge < -0.3 is 14.8 Å². The number of amides is 1. The summed E-state index contributed by atoms with van der Waals surface area (Å²) >= 11 is 0. The lowest BCUT2D eigenvalue weighted by Gasteiger charge is -2.13. The van der Waals surface area contributed by atoms with Gasteiger partial charge in [-0.05, 0) is 24.7 Å². The maximum Gasteiger partial charge on any atom is 0.306 e. The zero-order valence-corrected chi connectivity index (χ0v) is 13.3. The molecule has 1 fully saturated rings. The van der Waals surface area contributed by atoms with E-state index >= 15 is 0 Å². The molecule has 8 heteroatoms. The first-order valence-electron chi connectivity index (χ1n) is 6.85. The van der Waals surface area contributed by atoms with E-state index in [9.17, 15) is 18.0 Å². The number of methoxy groups -OCH3 is 2. The van der Waals surface area contributed by atoms with Gasteiger partial charge in [0, 0.05) is 20.3 Å². The first-order valence-corrected chi connectivity index (χ1v) is 8.67. The molecule has 1 saturated carbocycles. The molecule has 0 spiro atoms. The third-order valence-corrected chi connectivity index (χ3v) is 5.18. The summed E-state index contributed by atoms with van der Waals surface area (Å²) in [5.41, 5.74) is -0.526. The fourth-order valence-electron chi connectivity index (χ4n) is 2.14. The van der Waals surface area contributed by atoms with Crippen LogP contribution in [-0.2, 0) is 28.9 Å². The topological polar surface area (TPSA) is 98.8 Å². The summed E-state index contributed by atoms with van der Waals surface area (Å²) in [6.45, 7) is 0.894. The quantitative estimate of drug-likeness (QED) is 0.445. The molecule has 21 heavy (non-hydrogen) atoms. The zero-order valence-electron chi connectivity index (χ0n) is 12.5. The largest absolute Gasteiger partial charge is 0.469 e. The summed E-state index contributed by atoms with van der Waals surface area (Å²) < 4.78 is 33.4. The van der Waals surface area contributed by atoms with Crippen molar-refractivity contribution in [1.82, 2.24) is 5.32 Å². The van der Waals surface area contributed by atoms with Crippen LogP contribution in [0.5, 0.6) is 0 Å². The Morgan fingerprint density at radius 3 is 2.43 bits per heavy atom. The number of hydrogen-bond donors (Lipinski definition) is 1. The third kappa shape index (κ3) is 6.90. The lowest BCUT2D eigenvalue weighted by atomic mass is 10.1. The molecule has 1 amide bonds. The van der Waals surface area contributed by atoms with Crippen molar-refractivity contribution in [3.63, 3.8) is 0 Å². The van der Waals surface area contributed by atoms with Crippen LogP contribution in [0.2, 0.25) is 0 Å². The first kappa shape index (κ1) is 17.9. The molecule has 0 aromatic heterocycles. The highest BCUT2D eigenvalue weighted by Crippen LogP contribution is 2.50. The Kier molecular flexibility index (Phi) is 6.60. The van der Waals surface area contributed by atoms with Gasteiger partial charge in [0.1, 0.15) is 5.75 Å². The highest BCUT2D eigenvalue weighted by atomic mass is 32.2. The fourth-order valence-corrected chi connectivity index (χ4v) is 4.07. The van der Waals surface area contributed by atoms with Crippen LogP contribution in [0, 0.1) is 5.41 Å². The molecule has 0 bridgehead atoms. The van der Waals surface area contributed by atoms with Gasteiger partial charge in [0.15, 0.2) is 9.84 Å². The average molecular weight is 321 g/mol. The summed E-state index contributed by atoms with van der Waals surface area (Å²) in [5.74, 6) is -1.60. The maximum absolute atomic E-state index is 12.0. The number of nitrogens with one attached hydrogen (secondary N) is 1. The van der Waals surface area contributed by atoms with E-state index in [1.165, 1.54) is 7.11 Å². The number of ether oxygens (including phenoxy) is 2. The Hall–Kier alpha value is -1.15. The van der Waals surface area contributed by atoms with Gasteiger partial charge >= 0.3 is 5.97 Å². The molecule has 0 radical (unpaired) electrons. The van der Waals surface area contributed by atoms with Crippen molar-refractivity contribution in [1.29, 1.82) is 0 Å². The zero-order chi connectivity index (χ0) is 15.9. The lowest BCUT2D eigenvalue weighted by molar-refractivity contribution is -0.141. The molecule has 122 valence electrons. The van der Waals surface area contributed by atoms with Crippen LogP contribution in [0.15, 0.2) is 0 Å². The van der Waals surface area contributed by atoms with Gasteiger partial charge in [0.05, 0.1) is 19.3 Å². The van der Waals surface area contributed by atoms with E-state index in [-0.39, 0.29) is 12.2 Å². The van der Waals surface area contributed by atoms with E-state index < -0.39 is 32.9 Å². The molecular formula is C13H23NO6S. The monoisotopic (exact) mass is 321 g/mol. The maximum atomic E-state index is 12.0. The molecule has 1 N–H and O–H groups in total. The van der Waals surface area contributed by atoms with Crippen molar-refractivity contribution >= 4 is 21.7 Å². The Morgan fingerprint density at radius 1 is 1.24 bits per heavy atom. The van der Waals surface area contributed by atoms with Crippen LogP contribution in [0.25, 0.3) is 0 Å². The number of rotatable bonds is 10. The number of esters is 1. The van der Waals surface area contributed by atoms with Crippen molar-refractivity contribution in [2.24, 2.45) is 5.41 Å². The second-order valence-electron chi connectivity index (χ2n) is 5.48. The predicted octanol–water partition coefficient (Wildman–Crippen LogP) is -0.103. The Morgan fingerprint density at radius 2 is 1.90 bits per heavy atom. The molecule has 1 aliphatic carbocycles. The number of sulfone groups is 1. The van der Waals surface area contributed by atoms with Crippen molar-refractivity contribution in [2.45, 2.75) is 25.7 Å². The molecule has 0 heterocycles. The van der Waals surface area contributed by atoms with Crippen molar-refractivity contribution < 1.29 is 27.5 Å². The van der Waals surface area contributed by atoms with Crippen LogP contribution < -0.4 is 5.32 Å². The smallest absolute Gasteiger partial charge is 0.306 e. The van der Waals surface area contributed by atoms with Crippen LogP contribution >= 0.6 is 0 Å². The van der Waals surface area contributed by atoms with E-state index in [1.807, 2.05) is 0 Å². The summed E-state index contributed by atoms with van der Waals surface area (Å²) in [4.78, 5) is 22.9. The molecule has 1 rings (SSSR count). The normalized spacial score (nSPS) is 16.3. The van der Waals surface area contributed by atoms with Gasteiger partial charge in [-0.1, -0.05) is 0 Å². The van der Waals surface area contributed by atoms with Crippen LogP contribution in [0.3, 0.4) is 0 Å². The van der Waals surface area contributed by atoms with Crippen molar-refractivity contribution in [3.05, 3.63) is 0 Å². The molecular weight excluding hydrogens is 298 g/mol. The average Bonchev–Trinajstić information content (AvgIpc) is 3.12. The Labute approximate surface area is 125 Å². The summed E-state index contributed by atoms with van der Waals surface area (Å²) in [6.07, 6.45) is 2.08. The molecule has 1 aliphatic rings. The minimum Gasteiger partial charge on any atom is -0.469 e. The second-order valence-corrected chi connectivity index (χ2v) is 7.55. The van der Waals surface area contributed by atoms with Gasteiger partial charge in [0.25, 0.3) is 0 Å². The summed E-state index contributed by atoms with van der Waals surface area (Å²) in [5, 5.41) is 2.54. The minimum atomic E-state index is -3.52.